The zero-order valence-corrected chi connectivity index (χ0v) is 9.03. The molecule has 0 saturated heterocycles. The molecular weight excluding hydrogens is 182 g/mol. The van der Waals surface area contributed by atoms with E-state index in [1.54, 1.807) is 11.3 Å². The zero-order chi connectivity index (χ0) is 9.68. The monoisotopic (exact) mass is 199 g/mol. The third-order valence-electron chi connectivity index (χ3n) is 1.96. The summed E-state index contributed by atoms with van der Waals surface area (Å²) >= 11 is 1.73. The van der Waals surface area contributed by atoms with Gasteiger partial charge in [0.25, 0.3) is 0 Å². The van der Waals surface area contributed by atoms with Gasteiger partial charge in [0, 0.05) is 24.2 Å². The van der Waals surface area contributed by atoms with Gasteiger partial charge < -0.3 is 10.4 Å². The number of hydrogen-bond donors (Lipinski definition) is 2. The molecule has 0 amide bonds. The van der Waals surface area contributed by atoms with Crippen LogP contribution in [0.2, 0.25) is 0 Å². The van der Waals surface area contributed by atoms with Gasteiger partial charge in [-0.25, -0.2) is 0 Å². The van der Waals surface area contributed by atoms with E-state index in [1.165, 1.54) is 11.3 Å². The van der Waals surface area contributed by atoms with E-state index in [9.17, 15) is 0 Å². The van der Waals surface area contributed by atoms with Crippen molar-refractivity contribution in [1.29, 1.82) is 0 Å². The Hall–Kier alpha value is -0.540. The van der Waals surface area contributed by atoms with E-state index in [0.717, 1.165) is 13.0 Å². The summed E-state index contributed by atoms with van der Waals surface area (Å²) in [5.74, 6) is 0.572. The van der Waals surface area contributed by atoms with Gasteiger partial charge in [0.1, 0.15) is 0 Å². The van der Waals surface area contributed by atoms with Crippen molar-refractivity contribution in [2.45, 2.75) is 26.2 Å². The van der Waals surface area contributed by atoms with Crippen LogP contribution < -0.4 is 5.32 Å². The number of aliphatic hydroxyl groups excluding tert-OH is 1. The highest BCUT2D eigenvalue weighted by Gasteiger charge is 2.06. The van der Waals surface area contributed by atoms with E-state index in [0.29, 0.717) is 5.92 Å². The van der Waals surface area contributed by atoms with E-state index in [2.05, 4.69) is 29.9 Å². The fourth-order valence-electron chi connectivity index (χ4n) is 1.20. The molecule has 74 valence electrons. The van der Waals surface area contributed by atoms with Crippen molar-refractivity contribution in [3.63, 3.8) is 0 Å². The number of aliphatic hydroxyl groups is 1. The molecule has 2 N–H and O–H groups in total. The summed E-state index contributed by atoms with van der Waals surface area (Å²) in [6.07, 6.45) is 0.813. The molecule has 1 rings (SSSR count). The van der Waals surface area contributed by atoms with E-state index >= 15 is 0 Å². The second-order valence-corrected chi connectivity index (χ2v) is 4.14. The lowest BCUT2D eigenvalue weighted by atomic mass is 10.1. The third-order valence-corrected chi connectivity index (χ3v) is 2.73. The average Bonchev–Trinajstić information content (AvgIpc) is 2.53. The SMILES string of the molecule is CC(C)c1cscc1NCCCO. The molecule has 13 heavy (non-hydrogen) atoms. The largest absolute Gasteiger partial charge is 0.396 e. The van der Waals surface area contributed by atoms with Crippen molar-refractivity contribution >= 4 is 17.0 Å². The van der Waals surface area contributed by atoms with Crippen LogP contribution in [0.3, 0.4) is 0 Å². The molecule has 0 fully saturated rings. The Labute approximate surface area is 83.6 Å². The standard InChI is InChI=1S/C10H17NOS/c1-8(2)9-6-13-7-10(9)11-4-3-5-12/h6-8,11-12H,3-5H2,1-2H3. The molecule has 0 radical (unpaired) electrons. The van der Waals surface area contributed by atoms with Crippen LogP contribution in [0.4, 0.5) is 5.69 Å². The Morgan fingerprint density at radius 3 is 2.85 bits per heavy atom. The first-order valence-corrected chi connectivity index (χ1v) is 5.60. The minimum absolute atomic E-state index is 0.258. The molecule has 1 aromatic heterocycles. The summed E-state index contributed by atoms with van der Waals surface area (Å²) in [5.41, 5.74) is 2.61. The maximum Gasteiger partial charge on any atom is 0.0484 e. The van der Waals surface area contributed by atoms with Gasteiger partial charge in [-0.05, 0) is 23.3 Å². The van der Waals surface area contributed by atoms with E-state index in [-0.39, 0.29) is 6.61 Å². The Bertz CT molecular complexity index is 245. The van der Waals surface area contributed by atoms with Gasteiger partial charge in [-0.1, -0.05) is 13.8 Å². The second kappa shape index (κ2) is 5.25. The molecular formula is C10H17NOS. The number of rotatable bonds is 5. The highest BCUT2D eigenvalue weighted by Crippen LogP contribution is 2.27. The smallest absolute Gasteiger partial charge is 0.0484 e. The number of thiophene rings is 1. The van der Waals surface area contributed by atoms with Crippen LogP contribution in [0.25, 0.3) is 0 Å². The van der Waals surface area contributed by atoms with Crippen molar-refractivity contribution in [3.8, 4) is 0 Å². The Morgan fingerprint density at radius 1 is 1.46 bits per heavy atom. The zero-order valence-electron chi connectivity index (χ0n) is 8.21. The normalized spacial score (nSPS) is 10.8. The summed E-state index contributed by atoms with van der Waals surface area (Å²) < 4.78 is 0. The Balaban J connectivity index is 2.50. The molecule has 0 aliphatic heterocycles. The maximum absolute atomic E-state index is 8.64. The lowest BCUT2D eigenvalue weighted by molar-refractivity contribution is 0.292. The Morgan fingerprint density at radius 2 is 2.23 bits per heavy atom. The minimum atomic E-state index is 0.258. The van der Waals surface area contributed by atoms with Gasteiger partial charge in [-0.3, -0.25) is 0 Å². The van der Waals surface area contributed by atoms with Crippen molar-refractivity contribution in [1.82, 2.24) is 0 Å². The van der Waals surface area contributed by atoms with Crippen LogP contribution in [0, 0.1) is 0 Å². The highest BCUT2D eigenvalue weighted by molar-refractivity contribution is 7.08. The quantitative estimate of drug-likeness (QED) is 0.715. The molecule has 2 nitrogen and oxygen atoms in total. The van der Waals surface area contributed by atoms with E-state index in [1.807, 2.05) is 0 Å². The van der Waals surface area contributed by atoms with Gasteiger partial charge >= 0.3 is 0 Å². The van der Waals surface area contributed by atoms with Crippen LogP contribution in [-0.2, 0) is 0 Å². The van der Waals surface area contributed by atoms with Gasteiger partial charge in [0.15, 0.2) is 0 Å². The van der Waals surface area contributed by atoms with Gasteiger partial charge in [0.2, 0.25) is 0 Å². The van der Waals surface area contributed by atoms with Crippen molar-refractivity contribution < 1.29 is 5.11 Å². The molecule has 0 saturated carbocycles. The summed E-state index contributed by atoms with van der Waals surface area (Å²) in [6.45, 7) is 5.50. The van der Waals surface area contributed by atoms with E-state index < -0.39 is 0 Å². The summed E-state index contributed by atoms with van der Waals surface area (Å²) in [7, 11) is 0. The molecule has 0 unspecified atom stereocenters. The van der Waals surface area contributed by atoms with E-state index in [4.69, 9.17) is 5.11 Å². The molecule has 0 atom stereocenters. The molecule has 0 bridgehead atoms. The molecule has 1 heterocycles. The lowest BCUT2D eigenvalue weighted by Crippen LogP contribution is -2.04. The summed E-state index contributed by atoms with van der Waals surface area (Å²) in [4.78, 5) is 0. The first kappa shape index (κ1) is 10.5. The number of hydrogen-bond acceptors (Lipinski definition) is 3. The van der Waals surface area contributed by atoms with Crippen molar-refractivity contribution in [3.05, 3.63) is 16.3 Å². The van der Waals surface area contributed by atoms with Crippen LogP contribution in [-0.4, -0.2) is 18.3 Å². The van der Waals surface area contributed by atoms with Gasteiger partial charge in [-0.2, -0.15) is 0 Å². The molecule has 3 heteroatoms. The highest BCUT2D eigenvalue weighted by atomic mass is 32.1. The molecule has 1 aromatic rings. The van der Waals surface area contributed by atoms with Crippen LogP contribution >= 0.6 is 11.3 Å². The second-order valence-electron chi connectivity index (χ2n) is 3.40. The molecule has 0 aliphatic rings. The topological polar surface area (TPSA) is 32.3 Å². The minimum Gasteiger partial charge on any atom is -0.396 e. The Kier molecular flexibility index (Phi) is 4.25. The molecule has 0 aliphatic carbocycles. The third kappa shape index (κ3) is 3.01. The fourth-order valence-corrected chi connectivity index (χ4v) is 2.17. The molecule has 0 spiro atoms. The predicted octanol–water partition coefficient (Wildman–Crippen LogP) is 2.67. The number of nitrogens with one attached hydrogen (secondary N) is 1. The lowest BCUT2D eigenvalue weighted by Gasteiger charge is -2.08. The first-order valence-electron chi connectivity index (χ1n) is 4.66. The first-order chi connectivity index (χ1) is 6.25. The molecule has 0 aromatic carbocycles. The number of anilines is 1. The average molecular weight is 199 g/mol. The fraction of sp³-hybridized carbons (Fsp3) is 0.600. The predicted molar refractivity (Wildman–Crippen MR) is 58.6 cm³/mol. The van der Waals surface area contributed by atoms with Gasteiger partial charge in [0.05, 0.1) is 0 Å². The van der Waals surface area contributed by atoms with Crippen molar-refractivity contribution in [2.24, 2.45) is 0 Å². The maximum atomic E-state index is 8.64. The van der Waals surface area contributed by atoms with Crippen LogP contribution in [0.1, 0.15) is 31.7 Å². The summed E-state index contributed by atoms with van der Waals surface area (Å²) in [5, 5.41) is 16.3. The van der Waals surface area contributed by atoms with Gasteiger partial charge in [-0.15, -0.1) is 11.3 Å². The van der Waals surface area contributed by atoms with Crippen LogP contribution in [0.15, 0.2) is 10.8 Å². The van der Waals surface area contributed by atoms with Crippen LogP contribution in [0.5, 0.6) is 0 Å². The summed E-state index contributed by atoms with van der Waals surface area (Å²) in [6, 6.07) is 0. The van der Waals surface area contributed by atoms with Crippen molar-refractivity contribution in [2.75, 3.05) is 18.5 Å².